The number of benzene rings is 1. The summed E-state index contributed by atoms with van der Waals surface area (Å²) in [6.07, 6.45) is 5.65. The van der Waals surface area contributed by atoms with Gasteiger partial charge in [0.25, 0.3) is 0 Å². The van der Waals surface area contributed by atoms with E-state index in [9.17, 15) is 4.79 Å². The van der Waals surface area contributed by atoms with E-state index >= 15 is 0 Å². The number of rotatable bonds is 3. The van der Waals surface area contributed by atoms with Gasteiger partial charge in [0.15, 0.2) is 0 Å². The van der Waals surface area contributed by atoms with Crippen LogP contribution in [0.1, 0.15) is 31.2 Å². The topological polar surface area (TPSA) is 59.6 Å². The average molecular weight is 302 g/mol. The molecule has 0 radical (unpaired) electrons. The van der Waals surface area contributed by atoms with Gasteiger partial charge in [0.1, 0.15) is 5.75 Å². The fourth-order valence-electron chi connectivity index (χ4n) is 3.37. The Morgan fingerprint density at radius 3 is 2.95 bits per heavy atom. The Kier molecular flexibility index (Phi) is 3.66. The lowest BCUT2D eigenvalue weighted by Crippen LogP contribution is -2.44. The highest BCUT2D eigenvalue weighted by molar-refractivity contribution is 5.89. The highest BCUT2D eigenvalue weighted by Crippen LogP contribution is 2.38. The molecule has 5 heteroatoms. The van der Waals surface area contributed by atoms with Crippen LogP contribution >= 0.6 is 0 Å². The van der Waals surface area contributed by atoms with E-state index in [1.807, 2.05) is 18.2 Å². The number of hydrogen-bond acceptors (Lipinski definition) is 3. The first-order chi connectivity index (χ1) is 10.8. The molecule has 22 heavy (non-hydrogen) atoms. The normalized spacial score (nSPS) is 26.9. The van der Waals surface area contributed by atoms with Gasteiger partial charge < -0.3 is 20.1 Å². The molecule has 0 unspecified atom stereocenters. The van der Waals surface area contributed by atoms with Crippen molar-refractivity contribution in [1.82, 2.24) is 5.32 Å². The summed E-state index contributed by atoms with van der Waals surface area (Å²) in [5.41, 5.74) is 1.99. The van der Waals surface area contributed by atoms with Crippen molar-refractivity contribution < 1.29 is 14.3 Å². The van der Waals surface area contributed by atoms with Crippen molar-refractivity contribution in [2.75, 3.05) is 18.5 Å². The lowest BCUT2D eigenvalue weighted by atomic mass is 10.0. The van der Waals surface area contributed by atoms with Crippen LogP contribution in [0.2, 0.25) is 0 Å². The van der Waals surface area contributed by atoms with Crippen molar-refractivity contribution in [2.45, 2.75) is 44.2 Å². The van der Waals surface area contributed by atoms with Crippen LogP contribution in [0.3, 0.4) is 0 Å². The highest BCUT2D eigenvalue weighted by Gasteiger charge is 2.36. The zero-order chi connectivity index (χ0) is 14.9. The number of urea groups is 1. The van der Waals surface area contributed by atoms with E-state index in [1.54, 1.807) is 0 Å². The molecule has 0 bridgehead atoms. The minimum absolute atomic E-state index is 0.125. The molecule has 0 aromatic heterocycles. The lowest BCUT2D eigenvalue weighted by molar-refractivity contribution is -0.00889. The summed E-state index contributed by atoms with van der Waals surface area (Å²) in [5, 5.41) is 6.02. The third kappa shape index (κ3) is 3.04. The summed E-state index contributed by atoms with van der Waals surface area (Å²) in [5.74, 6) is 1.66. The van der Waals surface area contributed by atoms with Crippen LogP contribution < -0.4 is 15.4 Å². The number of carbonyl (C=O) groups is 1. The van der Waals surface area contributed by atoms with Crippen LogP contribution in [-0.4, -0.2) is 31.4 Å². The van der Waals surface area contributed by atoms with Crippen LogP contribution in [-0.2, 0) is 11.2 Å². The minimum Gasteiger partial charge on any atom is -0.493 e. The van der Waals surface area contributed by atoms with E-state index in [0.29, 0.717) is 6.10 Å². The summed E-state index contributed by atoms with van der Waals surface area (Å²) in [6.45, 7) is 1.48. The average Bonchev–Trinajstić information content (AvgIpc) is 3.26. The Labute approximate surface area is 130 Å². The molecule has 2 aliphatic heterocycles. The van der Waals surface area contributed by atoms with E-state index in [1.165, 1.54) is 12.8 Å². The van der Waals surface area contributed by atoms with Crippen LogP contribution in [0.15, 0.2) is 18.2 Å². The molecule has 1 aromatic carbocycles. The maximum atomic E-state index is 12.2. The summed E-state index contributed by atoms with van der Waals surface area (Å²) in [4.78, 5) is 12.2. The molecular weight excluding hydrogens is 280 g/mol. The Morgan fingerprint density at radius 2 is 2.09 bits per heavy atom. The van der Waals surface area contributed by atoms with Gasteiger partial charge in [-0.3, -0.25) is 0 Å². The van der Waals surface area contributed by atoms with Crippen molar-refractivity contribution in [3.05, 3.63) is 23.8 Å². The number of amides is 2. The molecule has 3 aliphatic rings. The quantitative estimate of drug-likeness (QED) is 0.902. The van der Waals surface area contributed by atoms with Gasteiger partial charge in [-0.25, -0.2) is 4.79 Å². The summed E-state index contributed by atoms with van der Waals surface area (Å²) in [7, 11) is 0. The highest BCUT2D eigenvalue weighted by atomic mass is 16.5. The predicted octanol–water partition coefficient (Wildman–Crippen LogP) is 2.70. The van der Waals surface area contributed by atoms with Gasteiger partial charge in [-0.1, -0.05) is 0 Å². The molecule has 2 heterocycles. The molecule has 2 fully saturated rings. The summed E-state index contributed by atoms with van der Waals surface area (Å²) < 4.78 is 11.3. The van der Waals surface area contributed by atoms with Crippen molar-refractivity contribution in [3.8, 4) is 5.75 Å². The molecule has 1 saturated heterocycles. The number of ether oxygens (including phenoxy) is 2. The SMILES string of the molecule is O=C(Nc1ccc2c(c1)CCO2)N[C@H]1CCO[C@@H](C2CC2)C1. The molecule has 2 N–H and O–H groups in total. The molecule has 4 rings (SSSR count). The van der Waals surface area contributed by atoms with Gasteiger partial charge in [0.2, 0.25) is 0 Å². The second-order valence-corrected chi connectivity index (χ2v) is 6.49. The van der Waals surface area contributed by atoms with Crippen LogP contribution in [0.25, 0.3) is 0 Å². The number of hydrogen-bond donors (Lipinski definition) is 2. The fourth-order valence-corrected chi connectivity index (χ4v) is 3.37. The lowest BCUT2D eigenvalue weighted by Gasteiger charge is -2.30. The molecule has 118 valence electrons. The van der Waals surface area contributed by atoms with Crippen LogP contribution in [0, 0.1) is 5.92 Å². The van der Waals surface area contributed by atoms with Gasteiger partial charge in [-0.2, -0.15) is 0 Å². The number of carbonyl (C=O) groups excluding carboxylic acids is 1. The molecule has 1 saturated carbocycles. The zero-order valence-corrected chi connectivity index (χ0v) is 12.6. The molecule has 0 spiro atoms. The molecule has 1 aromatic rings. The van der Waals surface area contributed by atoms with Crippen molar-refractivity contribution in [3.63, 3.8) is 0 Å². The first-order valence-electron chi connectivity index (χ1n) is 8.23. The largest absolute Gasteiger partial charge is 0.493 e. The van der Waals surface area contributed by atoms with Gasteiger partial charge >= 0.3 is 6.03 Å². The molecule has 1 aliphatic carbocycles. The maximum absolute atomic E-state index is 12.2. The van der Waals surface area contributed by atoms with E-state index in [2.05, 4.69) is 10.6 Å². The van der Waals surface area contributed by atoms with Crippen molar-refractivity contribution in [1.29, 1.82) is 0 Å². The number of fused-ring (bicyclic) bond motifs is 1. The fraction of sp³-hybridized carbons (Fsp3) is 0.588. The van der Waals surface area contributed by atoms with Crippen LogP contribution in [0.4, 0.5) is 10.5 Å². The zero-order valence-electron chi connectivity index (χ0n) is 12.6. The predicted molar refractivity (Wildman–Crippen MR) is 83.3 cm³/mol. The summed E-state index contributed by atoms with van der Waals surface area (Å²) in [6, 6.07) is 5.91. The van der Waals surface area contributed by atoms with Gasteiger partial charge in [0, 0.05) is 24.8 Å². The van der Waals surface area contributed by atoms with Crippen molar-refractivity contribution in [2.24, 2.45) is 5.92 Å². The minimum atomic E-state index is -0.125. The molecule has 5 nitrogen and oxygen atoms in total. The number of nitrogens with one attached hydrogen (secondary N) is 2. The van der Waals surface area contributed by atoms with Crippen molar-refractivity contribution >= 4 is 11.7 Å². The Morgan fingerprint density at radius 1 is 1.18 bits per heavy atom. The molecular formula is C17H22N2O3. The molecule has 2 amide bonds. The van der Waals surface area contributed by atoms with Crippen LogP contribution in [0.5, 0.6) is 5.75 Å². The van der Waals surface area contributed by atoms with E-state index in [-0.39, 0.29) is 12.1 Å². The monoisotopic (exact) mass is 302 g/mol. The third-order valence-electron chi connectivity index (χ3n) is 4.75. The van der Waals surface area contributed by atoms with Gasteiger partial charge in [-0.15, -0.1) is 0 Å². The Hall–Kier alpha value is -1.75. The number of anilines is 1. The first-order valence-corrected chi connectivity index (χ1v) is 8.23. The third-order valence-corrected chi connectivity index (χ3v) is 4.75. The summed E-state index contributed by atoms with van der Waals surface area (Å²) >= 11 is 0. The Balaban J connectivity index is 1.32. The standard InChI is InChI=1S/C17H22N2O3/c20-17(18-13-3-4-15-12(9-13)5-7-21-15)19-14-6-8-22-16(10-14)11-1-2-11/h3-4,9,11,14,16H,1-2,5-8,10H2,(H2,18,19,20)/t14-,16+/m0/s1. The molecule has 2 atom stereocenters. The maximum Gasteiger partial charge on any atom is 0.319 e. The van der Waals surface area contributed by atoms with Gasteiger partial charge in [0.05, 0.1) is 12.7 Å². The smallest absolute Gasteiger partial charge is 0.319 e. The second kappa shape index (κ2) is 5.80. The van der Waals surface area contributed by atoms with E-state index < -0.39 is 0 Å². The van der Waals surface area contributed by atoms with E-state index in [0.717, 1.165) is 55.4 Å². The Bertz CT molecular complexity index is 571. The first kappa shape index (κ1) is 13.9. The van der Waals surface area contributed by atoms with E-state index in [4.69, 9.17) is 9.47 Å². The second-order valence-electron chi connectivity index (χ2n) is 6.49. The van der Waals surface area contributed by atoms with Gasteiger partial charge in [-0.05, 0) is 55.4 Å².